The van der Waals surface area contributed by atoms with Gasteiger partial charge in [-0.1, -0.05) is 30.3 Å². The number of anilines is 2. The van der Waals surface area contributed by atoms with E-state index < -0.39 is 12.1 Å². The molecule has 1 heterocycles. The first kappa shape index (κ1) is 23.3. The molecule has 0 unspecified atom stereocenters. The first-order valence-corrected chi connectivity index (χ1v) is 10.5. The number of carbonyl (C=O) groups is 2. The number of para-hydroxylation sites is 1. The number of ether oxygens (including phenoxy) is 2. The summed E-state index contributed by atoms with van der Waals surface area (Å²) in [5.41, 5.74) is 6.45. The Morgan fingerprint density at radius 1 is 1.06 bits per heavy atom. The number of methoxy groups -OCH3 is 1. The number of carbonyl (C=O) groups excluding carboxylic acids is 1. The number of aromatic hydroxyl groups is 1. The molecule has 0 aliphatic carbocycles. The molecule has 3 aromatic carbocycles. The number of rotatable bonds is 5. The molecular formula is C25H22N4O6. The molecule has 1 aliphatic rings. The lowest BCUT2D eigenvalue weighted by atomic mass is 10.0. The van der Waals surface area contributed by atoms with E-state index in [1.54, 1.807) is 36.4 Å². The van der Waals surface area contributed by atoms with Gasteiger partial charge in [-0.15, -0.1) is 5.10 Å². The number of phenolic OH excluding ortho intramolecular Hbond substituents is 1. The first-order chi connectivity index (χ1) is 16.8. The number of hydrogen-bond acceptors (Lipinski definition) is 8. The monoisotopic (exact) mass is 474 g/mol. The van der Waals surface area contributed by atoms with Gasteiger partial charge in [0, 0.05) is 5.56 Å². The van der Waals surface area contributed by atoms with Crippen LogP contribution in [0, 0.1) is 13.8 Å². The van der Waals surface area contributed by atoms with Crippen molar-refractivity contribution in [1.29, 1.82) is 0 Å². The number of aryl methyl sites for hydroxylation is 2. The fourth-order valence-electron chi connectivity index (χ4n) is 3.45. The number of phenols is 1. The summed E-state index contributed by atoms with van der Waals surface area (Å²) in [4.78, 5) is 23.9. The SMILES string of the molecule is COC1=NN(c2ccc(C)c(C)c2)C(=O)C1=NNc1cccc(-c2cccc(OC(=O)O)c2)c1O. The number of hydrogen-bond donors (Lipinski definition) is 3. The minimum Gasteiger partial charge on any atom is -0.505 e. The second-order valence-corrected chi connectivity index (χ2v) is 7.66. The van der Waals surface area contributed by atoms with Gasteiger partial charge in [-0.3, -0.25) is 10.2 Å². The maximum absolute atomic E-state index is 13.0. The molecular weight excluding hydrogens is 452 g/mol. The Balaban J connectivity index is 1.61. The van der Waals surface area contributed by atoms with Crippen LogP contribution in [0.25, 0.3) is 11.1 Å². The van der Waals surface area contributed by atoms with Crippen LogP contribution in [0.4, 0.5) is 16.2 Å². The largest absolute Gasteiger partial charge is 0.511 e. The quantitative estimate of drug-likeness (QED) is 0.214. The van der Waals surface area contributed by atoms with Gasteiger partial charge >= 0.3 is 12.1 Å². The minimum atomic E-state index is -1.44. The predicted molar refractivity (Wildman–Crippen MR) is 131 cm³/mol. The zero-order valence-corrected chi connectivity index (χ0v) is 19.1. The van der Waals surface area contributed by atoms with Crippen molar-refractivity contribution in [2.24, 2.45) is 10.2 Å². The molecule has 3 aromatic rings. The lowest BCUT2D eigenvalue weighted by Gasteiger charge is -2.13. The van der Waals surface area contributed by atoms with Crippen molar-refractivity contribution in [2.45, 2.75) is 13.8 Å². The molecule has 4 rings (SSSR count). The Morgan fingerprint density at radius 2 is 1.83 bits per heavy atom. The average molecular weight is 474 g/mol. The van der Waals surface area contributed by atoms with Gasteiger partial charge in [-0.2, -0.15) is 10.1 Å². The van der Waals surface area contributed by atoms with Crippen molar-refractivity contribution in [2.75, 3.05) is 17.5 Å². The van der Waals surface area contributed by atoms with Crippen molar-refractivity contribution >= 4 is 35.0 Å². The van der Waals surface area contributed by atoms with Crippen LogP contribution in [-0.4, -0.2) is 41.0 Å². The molecule has 0 saturated carbocycles. The van der Waals surface area contributed by atoms with E-state index in [1.165, 1.54) is 24.3 Å². The van der Waals surface area contributed by atoms with Crippen LogP contribution in [0.2, 0.25) is 0 Å². The molecule has 178 valence electrons. The van der Waals surface area contributed by atoms with Crippen LogP contribution in [0.3, 0.4) is 0 Å². The molecule has 0 atom stereocenters. The van der Waals surface area contributed by atoms with Crippen LogP contribution < -0.4 is 15.2 Å². The van der Waals surface area contributed by atoms with Gasteiger partial charge in [-0.05, 0) is 60.9 Å². The Bertz CT molecular complexity index is 1380. The first-order valence-electron chi connectivity index (χ1n) is 10.5. The van der Waals surface area contributed by atoms with Gasteiger partial charge < -0.3 is 19.7 Å². The van der Waals surface area contributed by atoms with Crippen molar-refractivity contribution in [3.8, 4) is 22.6 Å². The Kier molecular flexibility index (Phi) is 6.36. The third-order valence-electron chi connectivity index (χ3n) is 5.39. The van der Waals surface area contributed by atoms with Crippen molar-refractivity contribution < 1.29 is 29.3 Å². The summed E-state index contributed by atoms with van der Waals surface area (Å²) >= 11 is 0. The molecule has 1 amide bonds. The van der Waals surface area contributed by atoms with E-state index in [0.717, 1.165) is 11.1 Å². The molecule has 3 N–H and O–H groups in total. The van der Waals surface area contributed by atoms with Gasteiger partial charge in [0.25, 0.3) is 5.90 Å². The van der Waals surface area contributed by atoms with Crippen LogP contribution in [-0.2, 0) is 9.53 Å². The van der Waals surface area contributed by atoms with Gasteiger partial charge in [0.15, 0.2) is 0 Å². The molecule has 35 heavy (non-hydrogen) atoms. The van der Waals surface area contributed by atoms with Gasteiger partial charge in [0.2, 0.25) is 5.71 Å². The molecule has 0 saturated heterocycles. The predicted octanol–water partition coefficient (Wildman–Crippen LogP) is 4.51. The topological polar surface area (TPSA) is 133 Å². The Hall–Kier alpha value is -4.86. The number of nitrogens with one attached hydrogen (secondary N) is 1. The lowest BCUT2D eigenvalue weighted by Crippen LogP contribution is -2.29. The fraction of sp³-hybridized carbons (Fsp3) is 0.120. The zero-order valence-electron chi connectivity index (χ0n) is 19.1. The molecule has 0 aromatic heterocycles. The highest BCUT2D eigenvalue weighted by atomic mass is 16.7. The Morgan fingerprint density at radius 3 is 2.54 bits per heavy atom. The minimum absolute atomic E-state index is 0.0230. The number of hydrazone groups is 2. The highest BCUT2D eigenvalue weighted by Gasteiger charge is 2.34. The molecule has 0 spiro atoms. The summed E-state index contributed by atoms with van der Waals surface area (Å²) in [6, 6.07) is 16.7. The summed E-state index contributed by atoms with van der Waals surface area (Å²) in [6.45, 7) is 3.91. The Labute approximate surface area is 200 Å². The summed E-state index contributed by atoms with van der Waals surface area (Å²) < 4.78 is 9.93. The molecule has 10 nitrogen and oxygen atoms in total. The summed E-state index contributed by atoms with van der Waals surface area (Å²) in [5.74, 6) is -0.518. The van der Waals surface area contributed by atoms with E-state index in [-0.39, 0.29) is 28.8 Å². The van der Waals surface area contributed by atoms with Crippen LogP contribution in [0.5, 0.6) is 11.5 Å². The number of amides is 1. The normalized spacial score (nSPS) is 14.1. The van der Waals surface area contributed by atoms with E-state index in [1.807, 2.05) is 26.0 Å². The standard InChI is InChI=1S/C25H22N4O6/c1-14-10-11-17(12-15(14)2)29-24(31)21(23(28-29)34-3)27-26-20-9-5-8-19(22(20)30)16-6-4-7-18(13-16)35-25(32)33/h4-13,26,30H,1-3H3,(H,32,33). The van der Waals surface area contributed by atoms with Crippen molar-refractivity contribution in [3.63, 3.8) is 0 Å². The van der Waals surface area contributed by atoms with E-state index in [9.17, 15) is 14.7 Å². The zero-order chi connectivity index (χ0) is 25.1. The second-order valence-electron chi connectivity index (χ2n) is 7.66. The van der Waals surface area contributed by atoms with Crippen molar-refractivity contribution in [1.82, 2.24) is 0 Å². The third kappa shape index (κ3) is 4.76. The van der Waals surface area contributed by atoms with Crippen molar-refractivity contribution in [3.05, 3.63) is 71.8 Å². The maximum atomic E-state index is 13.0. The molecule has 0 bridgehead atoms. The molecule has 1 aliphatic heterocycles. The molecule has 0 fully saturated rings. The van der Waals surface area contributed by atoms with Crippen LogP contribution in [0.1, 0.15) is 11.1 Å². The second kappa shape index (κ2) is 9.56. The summed E-state index contributed by atoms with van der Waals surface area (Å²) in [5, 5.41) is 29.2. The highest BCUT2D eigenvalue weighted by Crippen LogP contribution is 2.36. The van der Waals surface area contributed by atoms with E-state index in [0.29, 0.717) is 16.8 Å². The lowest BCUT2D eigenvalue weighted by molar-refractivity contribution is -0.112. The third-order valence-corrected chi connectivity index (χ3v) is 5.39. The van der Waals surface area contributed by atoms with E-state index >= 15 is 0 Å². The van der Waals surface area contributed by atoms with E-state index in [2.05, 4.69) is 20.4 Å². The van der Waals surface area contributed by atoms with Crippen LogP contribution >= 0.6 is 0 Å². The van der Waals surface area contributed by atoms with Gasteiger partial charge in [-0.25, -0.2) is 4.79 Å². The summed E-state index contributed by atoms with van der Waals surface area (Å²) in [7, 11) is 1.38. The maximum Gasteiger partial charge on any atom is 0.511 e. The fourth-order valence-corrected chi connectivity index (χ4v) is 3.45. The molecule has 0 radical (unpaired) electrons. The number of benzene rings is 3. The number of nitrogens with zero attached hydrogens (tertiary/aromatic N) is 3. The van der Waals surface area contributed by atoms with Gasteiger partial charge in [0.05, 0.1) is 18.5 Å². The number of carboxylic acid groups (broad SMARTS) is 1. The molecule has 10 heteroatoms. The summed E-state index contributed by atoms with van der Waals surface area (Å²) in [6.07, 6.45) is -1.44. The highest BCUT2D eigenvalue weighted by molar-refractivity contribution is 6.70. The smallest absolute Gasteiger partial charge is 0.505 e. The van der Waals surface area contributed by atoms with E-state index in [4.69, 9.17) is 9.84 Å². The van der Waals surface area contributed by atoms with Crippen LogP contribution in [0.15, 0.2) is 70.9 Å². The van der Waals surface area contributed by atoms with Gasteiger partial charge in [0.1, 0.15) is 11.5 Å². The average Bonchev–Trinajstić information content (AvgIpc) is 3.15.